The first-order chi connectivity index (χ1) is 10.1. The maximum Gasteiger partial charge on any atom is 0.224 e. The first-order valence-corrected chi connectivity index (χ1v) is 7.53. The minimum atomic E-state index is -0.00872. The van der Waals surface area contributed by atoms with E-state index in [0.717, 1.165) is 36.5 Å². The molecule has 0 fully saturated rings. The summed E-state index contributed by atoms with van der Waals surface area (Å²) in [6.07, 6.45) is 0. The molecule has 1 unspecified atom stereocenters. The van der Waals surface area contributed by atoms with E-state index < -0.39 is 0 Å². The molecule has 5 nitrogen and oxygen atoms in total. The molecule has 5 heteroatoms. The molecule has 1 heterocycles. The van der Waals surface area contributed by atoms with Gasteiger partial charge in [-0.2, -0.15) is 0 Å². The molecule has 0 spiro atoms. The summed E-state index contributed by atoms with van der Waals surface area (Å²) in [7, 11) is 0. The van der Waals surface area contributed by atoms with E-state index in [-0.39, 0.29) is 11.8 Å². The predicted octanol–water partition coefficient (Wildman–Crippen LogP) is 1.71. The van der Waals surface area contributed by atoms with Crippen molar-refractivity contribution in [1.82, 2.24) is 20.2 Å². The van der Waals surface area contributed by atoms with Crippen molar-refractivity contribution in [3.05, 3.63) is 30.1 Å². The van der Waals surface area contributed by atoms with Crippen LogP contribution in [0.3, 0.4) is 0 Å². The summed E-state index contributed by atoms with van der Waals surface area (Å²) < 4.78 is 2.14. The second-order valence-electron chi connectivity index (χ2n) is 5.30. The average molecular weight is 288 g/mol. The van der Waals surface area contributed by atoms with E-state index in [9.17, 15) is 4.79 Å². The lowest BCUT2D eigenvalue weighted by Gasteiger charge is -2.13. The van der Waals surface area contributed by atoms with Gasteiger partial charge in [0.2, 0.25) is 5.91 Å². The molecule has 2 aromatic rings. The summed E-state index contributed by atoms with van der Waals surface area (Å²) in [4.78, 5) is 16.5. The number of aromatic nitrogens is 2. The Balaban J connectivity index is 1.90. The highest BCUT2D eigenvalue weighted by Gasteiger charge is 2.12. The fraction of sp³-hybridized carbons (Fsp3) is 0.500. The van der Waals surface area contributed by atoms with E-state index in [1.165, 1.54) is 0 Å². The standard InChI is InChI=1S/C16H24N4O/c1-4-17-11-12(2)16(21)18-9-10-20-13(3)19-14-7-5-6-8-15(14)20/h5-8,12,17H,4,9-11H2,1-3H3,(H,18,21). The summed E-state index contributed by atoms with van der Waals surface area (Å²) in [5, 5.41) is 6.18. The number of nitrogens with zero attached hydrogens (tertiary/aromatic N) is 2. The normalized spacial score (nSPS) is 12.5. The van der Waals surface area contributed by atoms with Crippen LogP contribution in [0.15, 0.2) is 24.3 Å². The zero-order valence-corrected chi connectivity index (χ0v) is 13.0. The van der Waals surface area contributed by atoms with Gasteiger partial charge in [0.15, 0.2) is 0 Å². The van der Waals surface area contributed by atoms with E-state index in [1.807, 2.05) is 39.0 Å². The van der Waals surface area contributed by atoms with Crippen molar-refractivity contribution in [1.29, 1.82) is 0 Å². The highest BCUT2D eigenvalue weighted by Crippen LogP contribution is 2.14. The van der Waals surface area contributed by atoms with Gasteiger partial charge >= 0.3 is 0 Å². The van der Waals surface area contributed by atoms with E-state index in [0.29, 0.717) is 6.54 Å². The van der Waals surface area contributed by atoms with Gasteiger partial charge in [-0.25, -0.2) is 4.98 Å². The number of nitrogens with one attached hydrogen (secondary N) is 2. The predicted molar refractivity (Wildman–Crippen MR) is 85.2 cm³/mol. The summed E-state index contributed by atoms with van der Waals surface area (Å²) in [5.74, 6) is 1.06. The van der Waals surface area contributed by atoms with E-state index >= 15 is 0 Å². The number of fused-ring (bicyclic) bond motifs is 1. The SMILES string of the molecule is CCNCC(C)C(=O)NCCn1c(C)nc2ccccc21. The molecule has 0 saturated heterocycles. The fourth-order valence-electron chi connectivity index (χ4n) is 2.40. The number of carbonyl (C=O) groups is 1. The summed E-state index contributed by atoms with van der Waals surface area (Å²) in [6.45, 7) is 8.94. The molecule has 114 valence electrons. The smallest absolute Gasteiger partial charge is 0.224 e. The van der Waals surface area contributed by atoms with Crippen LogP contribution in [0.5, 0.6) is 0 Å². The van der Waals surface area contributed by atoms with Gasteiger partial charge in [0.1, 0.15) is 5.82 Å². The van der Waals surface area contributed by atoms with Crippen molar-refractivity contribution < 1.29 is 4.79 Å². The molecule has 21 heavy (non-hydrogen) atoms. The van der Waals surface area contributed by atoms with Gasteiger partial charge in [0.05, 0.1) is 11.0 Å². The number of hydrogen-bond acceptors (Lipinski definition) is 3. The maximum atomic E-state index is 11.9. The number of aryl methyl sites for hydroxylation is 1. The van der Waals surface area contributed by atoms with Gasteiger partial charge in [0.25, 0.3) is 0 Å². The fourth-order valence-corrected chi connectivity index (χ4v) is 2.40. The quantitative estimate of drug-likeness (QED) is 0.815. The lowest BCUT2D eigenvalue weighted by Crippen LogP contribution is -2.36. The van der Waals surface area contributed by atoms with Crippen LogP contribution < -0.4 is 10.6 Å². The van der Waals surface area contributed by atoms with Gasteiger partial charge in [-0.15, -0.1) is 0 Å². The zero-order valence-electron chi connectivity index (χ0n) is 13.0. The molecule has 0 aliphatic heterocycles. The maximum absolute atomic E-state index is 11.9. The number of benzene rings is 1. The Bertz CT molecular complexity index is 605. The van der Waals surface area contributed by atoms with Crippen LogP contribution in [0.4, 0.5) is 0 Å². The second-order valence-corrected chi connectivity index (χ2v) is 5.30. The number of imidazole rings is 1. The molecular formula is C16H24N4O. The Morgan fingerprint density at radius 3 is 2.90 bits per heavy atom. The number of amides is 1. The van der Waals surface area contributed by atoms with Crippen molar-refractivity contribution >= 4 is 16.9 Å². The minimum absolute atomic E-state index is 0.00872. The van der Waals surface area contributed by atoms with Gasteiger partial charge in [-0.1, -0.05) is 26.0 Å². The average Bonchev–Trinajstić information content (AvgIpc) is 2.80. The third-order valence-electron chi connectivity index (χ3n) is 3.63. The Labute approximate surface area is 125 Å². The van der Waals surface area contributed by atoms with Gasteiger partial charge in [-0.05, 0) is 25.6 Å². The summed E-state index contributed by atoms with van der Waals surface area (Å²) in [5.41, 5.74) is 2.12. The Kier molecular flexibility index (Phi) is 5.33. The first-order valence-electron chi connectivity index (χ1n) is 7.53. The van der Waals surface area contributed by atoms with Crippen LogP contribution in [0.1, 0.15) is 19.7 Å². The molecule has 1 atom stereocenters. The second kappa shape index (κ2) is 7.22. The van der Waals surface area contributed by atoms with Crippen LogP contribution in [0, 0.1) is 12.8 Å². The zero-order chi connectivity index (χ0) is 15.2. The first kappa shape index (κ1) is 15.5. The highest BCUT2D eigenvalue weighted by molar-refractivity contribution is 5.78. The number of hydrogen-bond donors (Lipinski definition) is 2. The van der Waals surface area contributed by atoms with E-state index in [1.54, 1.807) is 0 Å². The van der Waals surface area contributed by atoms with Gasteiger partial charge < -0.3 is 15.2 Å². The van der Waals surface area contributed by atoms with Crippen LogP contribution in [0.2, 0.25) is 0 Å². The van der Waals surface area contributed by atoms with Crippen molar-refractivity contribution in [2.45, 2.75) is 27.3 Å². The van der Waals surface area contributed by atoms with Gasteiger partial charge in [0, 0.05) is 25.6 Å². The van der Waals surface area contributed by atoms with Crippen LogP contribution in [0.25, 0.3) is 11.0 Å². The summed E-state index contributed by atoms with van der Waals surface area (Å²) in [6, 6.07) is 8.07. The minimum Gasteiger partial charge on any atom is -0.354 e. The molecule has 2 N–H and O–H groups in total. The highest BCUT2D eigenvalue weighted by atomic mass is 16.1. The third-order valence-corrected chi connectivity index (χ3v) is 3.63. The molecular weight excluding hydrogens is 264 g/mol. The number of para-hydroxylation sites is 2. The van der Waals surface area contributed by atoms with Crippen LogP contribution in [-0.2, 0) is 11.3 Å². The lowest BCUT2D eigenvalue weighted by atomic mass is 10.1. The van der Waals surface area contributed by atoms with Crippen molar-refractivity contribution in [3.63, 3.8) is 0 Å². The molecule has 0 aliphatic rings. The molecule has 2 rings (SSSR count). The molecule has 1 aromatic heterocycles. The molecule has 0 aliphatic carbocycles. The third kappa shape index (κ3) is 3.82. The Hall–Kier alpha value is -1.88. The van der Waals surface area contributed by atoms with Crippen LogP contribution >= 0.6 is 0 Å². The van der Waals surface area contributed by atoms with Crippen molar-refractivity contribution in [2.24, 2.45) is 5.92 Å². The lowest BCUT2D eigenvalue weighted by molar-refractivity contribution is -0.124. The molecule has 0 bridgehead atoms. The molecule has 1 aromatic carbocycles. The molecule has 1 amide bonds. The largest absolute Gasteiger partial charge is 0.354 e. The van der Waals surface area contributed by atoms with E-state index in [2.05, 4.69) is 26.3 Å². The molecule has 0 radical (unpaired) electrons. The summed E-state index contributed by atoms with van der Waals surface area (Å²) >= 11 is 0. The Morgan fingerprint density at radius 2 is 2.14 bits per heavy atom. The Morgan fingerprint density at radius 1 is 1.38 bits per heavy atom. The molecule has 0 saturated carbocycles. The van der Waals surface area contributed by atoms with Crippen molar-refractivity contribution in [3.8, 4) is 0 Å². The van der Waals surface area contributed by atoms with Crippen LogP contribution in [-0.4, -0.2) is 35.1 Å². The number of rotatable bonds is 7. The monoisotopic (exact) mass is 288 g/mol. The van der Waals surface area contributed by atoms with Gasteiger partial charge in [-0.3, -0.25) is 4.79 Å². The van der Waals surface area contributed by atoms with E-state index in [4.69, 9.17) is 0 Å². The number of carbonyl (C=O) groups excluding carboxylic acids is 1. The van der Waals surface area contributed by atoms with Crippen molar-refractivity contribution in [2.75, 3.05) is 19.6 Å². The topological polar surface area (TPSA) is 59.0 Å².